The number of rotatable bonds is 6. The highest BCUT2D eigenvalue weighted by molar-refractivity contribution is 5.88. The van der Waals surface area contributed by atoms with Crippen LogP contribution < -0.4 is 0 Å². The fourth-order valence-electron chi connectivity index (χ4n) is 2.34. The fourth-order valence-corrected chi connectivity index (χ4v) is 2.34. The van der Waals surface area contributed by atoms with E-state index in [1.165, 1.54) is 0 Å². The third-order valence-electron chi connectivity index (χ3n) is 3.15. The van der Waals surface area contributed by atoms with Crippen LogP contribution in [0.25, 0.3) is 0 Å². The number of benzene rings is 1. The average molecular weight is 411 g/mol. The molecular formula is C23H38O6. The lowest BCUT2D eigenvalue weighted by atomic mass is 9.84. The molecule has 166 valence electrons. The van der Waals surface area contributed by atoms with Crippen molar-refractivity contribution in [3.63, 3.8) is 0 Å². The molecule has 6 heteroatoms. The highest BCUT2D eigenvalue weighted by atomic mass is 17.2. The van der Waals surface area contributed by atoms with Gasteiger partial charge in [0.15, 0.2) is 0 Å². The predicted molar refractivity (Wildman–Crippen MR) is 113 cm³/mol. The van der Waals surface area contributed by atoms with Gasteiger partial charge in [0, 0.05) is 0 Å². The van der Waals surface area contributed by atoms with Crippen molar-refractivity contribution in [3.8, 4) is 0 Å². The first-order chi connectivity index (χ1) is 13.0. The molecule has 0 radical (unpaired) electrons. The molecule has 0 saturated heterocycles. The molecule has 0 atom stereocenters. The van der Waals surface area contributed by atoms with Gasteiger partial charge in [0.25, 0.3) is 0 Å². The fraction of sp³-hybridized carbons (Fsp3) is 0.652. The number of hydrogen-bond acceptors (Lipinski definition) is 6. The minimum atomic E-state index is -0.497. The smallest absolute Gasteiger partial charge is 0.298 e. The summed E-state index contributed by atoms with van der Waals surface area (Å²) >= 11 is 0. The van der Waals surface area contributed by atoms with Crippen LogP contribution >= 0.6 is 0 Å². The van der Waals surface area contributed by atoms with Gasteiger partial charge in [-0.05, 0) is 58.6 Å². The van der Waals surface area contributed by atoms with Gasteiger partial charge in [-0.1, -0.05) is 52.8 Å². The zero-order valence-electron chi connectivity index (χ0n) is 19.6. The molecule has 0 N–H and O–H groups in total. The molecular weight excluding hydrogens is 372 g/mol. The second-order valence-corrected chi connectivity index (χ2v) is 10.1. The Labute approximate surface area is 175 Å². The first-order valence-corrected chi connectivity index (χ1v) is 9.87. The van der Waals surface area contributed by atoms with E-state index in [2.05, 4.69) is 25.7 Å². The average Bonchev–Trinajstić information content (AvgIpc) is 2.56. The maximum Gasteiger partial charge on any atom is 0.373 e. The van der Waals surface area contributed by atoms with E-state index in [1.54, 1.807) is 38.1 Å². The lowest BCUT2D eigenvalue weighted by Gasteiger charge is -2.30. The van der Waals surface area contributed by atoms with Crippen LogP contribution in [-0.4, -0.2) is 23.1 Å². The Morgan fingerprint density at radius 3 is 1.76 bits per heavy atom. The molecule has 0 bridgehead atoms. The van der Waals surface area contributed by atoms with Gasteiger partial charge in [-0.2, -0.15) is 9.78 Å². The molecule has 1 aromatic carbocycles. The third-order valence-corrected chi connectivity index (χ3v) is 3.15. The van der Waals surface area contributed by atoms with Crippen molar-refractivity contribution < 1.29 is 29.1 Å². The van der Waals surface area contributed by atoms with E-state index >= 15 is 0 Å². The summed E-state index contributed by atoms with van der Waals surface area (Å²) in [6, 6.07) is 8.82. The summed E-state index contributed by atoms with van der Waals surface area (Å²) in [7, 11) is 0. The third kappa shape index (κ3) is 14.7. The molecule has 1 rings (SSSR count). The highest BCUT2D eigenvalue weighted by Gasteiger charge is 2.29. The molecule has 0 aliphatic carbocycles. The quantitative estimate of drug-likeness (QED) is 0.429. The molecule has 0 heterocycles. The van der Waals surface area contributed by atoms with Gasteiger partial charge in [0.05, 0.1) is 11.5 Å². The highest BCUT2D eigenvalue weighted by Crippen LogP contribution is 2.29. The Kier molecular flexibility index (Phi) is 10.6. The van der Waals surface area contributed by atoms with E-state index in [1.807, 2.05) is 40.7 Å². The summed E-state index contributed by atoms with van der Waals surface area (Å²) < 4.78 is 0. The van der Waals surface area contributed by atoms with Crippen LogP contribution in [0.2, 0.25) is 0 Å². The van der Waals surface area contributed by atoms with Gasteiger partial charge in [0.2, 0.25) is 0 Å². The maximum atomic E-state index is 11.7. The first kappa shape index (κ1) is 27.1. The van der Waals surface area contributed by atoms with E-state index in [0.29, 0.717) is 5.56 Å². The first-order valence-electron chi connectivity index (χ1n) is 9.87. The maximum absolute atomic E-state index is 11.7. The van der Waals surface area contributed by atoms with Gasteiger partial charge in [0.1, 0.15) is 11.2 Å². The summed E-state index contributed by atoms with van der Waals surface area (Å²) in [5, 5.41) is 0. The standard InChI is InChI=1S/C15H22O3.C8H16O3/c1-14(2,3)11-15(4,5)18-17-13(16)12-9-7-6-8-10-12;1-6(2)7(9)10-11-8(3,4)5/h6-10H,11H2,1-5H3;6H,1-5H3. The van der Waals surface area contributed by atoms with Crippen LogP contribution in [0.3, 0.4) is 0 Å². The number of carbonyl (C=O) groups excluding carboxylic acids is 2. The Hall–Kier alpha value is -1.92. The summed E-state index contributed by atoms with van der Waals surface area (Å²) in [5.74, 6) is -0.935. The zero-order valence-corrected chi connectivity index (χ0v) is 19.6. The van der Waals surface area contributed by atoms with E-state index in [0.717, 1.165) is 6.42 Å². The van der Waals surface area contributed by atoms with Crippen LogP contribution in [0.15, 0.2) is 30.3 Å². The summed E-state index contributed by atoms with van der Waals surface area (Å²) in [4.78, 5) is 42.1. The molecule has 0 amide bonds. The lowest BCUT2D eigenvalue weighted by Crippen LogP contribution is -2.31. The van der Waals surface area contributed by atoms with Gasteiger partial charge < -0.3 is 0 Å². The molecule has 0 spiro atoms. The summed E-state index contributed by atoms with van der Waals surface area (Å²) in [6.45, 7) is 19.2. The Balaban J connectivity index is 0.000000614. The Morgan fingerprint density at radius 1 is 0.828 bits per heavy atom. The van der Waals surface area contributed by atoms with E-state index in [9.17, 15) is 9.59 Å². The van der Waals surface area contributed by atoms with Gasteiger partial charge >= 0.3 is 11.9 Å². The van der Waals surface area contributed by atoms with Crippen LogP contribution in [0.4, 0.5) is 0 Å². The van der Waals surface area contributed by atoms with Gasteiger partial charge in [-0.3, -0.25) is 9.78 Å². The van der Waals surface area contributed by atoms with Crippen LogP contribution in [0, 0.1) is 11.3 Å². The molecule has 1 aromatic rings. The molecule has 0 saturated carbocycles. The van der Waals surface area contributed by atoms with E-state index < -0.39 is 17.2 Å². The minimum absolute atomic E-state index is 0.114. The van der Waals surface area contributed by atoms with Crippen molar-refractivity contribution >= 4 is 11.9 Å². The van der Waals surface area contributed by atoms with Crippen molar-refractivity contribution in [2.45, 2.75) is 86.9 Å². The Bertz CT molecular complexity index is 621. The van der Waals surface area contributed by atoms with Crippen LogP contribution in [0.1, 0.15) is 86.0 Å². The van der Waals surface area contributed by atoms with Gasteiger partial charge in [-0.25, -0.2) is 9.59 Å². The number of hydrogen-bond donors (Lipinski definition) is 0. The van der Waals surface area contributed by atoms with Crippen molar-refractivity contribution in [1.29, 1.82) is 0 Å². The Morgan fingerprint density at radius 2 is 1.34 bits per heavy atom. The second-order valence-electron chi connectivity index (χ2n) is 10.1. The molecule has 0 unspecified atom stereocenters. The molecule has 0 aliphatic heterocycles. The van der Waals surface area contributed by atoms with Crippen molar-refractivity contribution in [2.24, 2.45) is 11.3 Å². The monoisotopic (exact) mass is 410 g/mol. The normalized spacial score (nSPS) is 12.1. The molecule has 0 aromatic heterocycles. The van der Waals surface area contributed by atoms with E-state index in [-0.39, 0.29) is 17.3 Å². The zero-order chi connectivity index (χ0) is 22.9. The molecule has 29 heavy (non-hydrogen) atoms. The number of carbonyl (C=O) groups is 2. The van der Waals surface area contributed by atoms with Gasteiger partial charge in [-0.15, -0.1) is 0 Å². The SMILES string of the molecule is CC(C)(C)CC(C)(C)OOC(=O)c1ccccc1.CC(C)C(=O)OOC(C)(C)C. The van der Waals surface area contributed by atoms with Crippen molar-refractivity contribution in [1.82, 2.24) is 0 Å². The largest absolute Gasteiger partial charge is 0.373 e. The molecule has 0 fully saturated rings. The van der Waals surface area contributed by atoms with E-state index in [4.69, 9.17) is 14.7 Å². The van der Waals surface area contributed by atoms with Crippen LogP contribution in [0.5, 0.6) is 0 Å². The second kappa shape index (κ2) is 11.3. The van der Waals surface area contributed by atoms with Crippen molar-refractivity contribution in [2.75, 3.05) is 0 Å². The summed E-state index contributed by atoms with van der Waals surface area (Å²) in [6.07, 6.45) is 0.794. The lowest BCUT2D eigenvalue weighted by molar-refractivity contribution is -0.322. The molecule has 6 nitrogen and oxygen atoms in total. The summed E-state index contributed by atoms with van der Waals surface area (Å²) in [5.41, 5.74) is -0.320. The topological polar surface area (TPSA) is 71.1 Å². The van der Waals surface area contributed by atoms with Crippen molar-refractivity contribution in [3.05, 3.63) is 35.9 Å². The minimum Gasteiger partial charge on any atom is -0.298 e. The molecule has 0 aliphatic rings. The van der Waals surface area contributed by atoms with Crippen LogP contribution in [-0.2, 0) is 24.3 Å². The predicted octanol–water partition coefficient (Wildman–Crippen LogP) is 5.91.